The second kappa shape index (κ2) is 12.9. The molecule has 0 radical (unpaired) electrons. The summed E-state index contributed by atoms with van der Waals surface area (Å²) in [5, 5.41) is -0.996. The van der Waals surface area contributed by atoms with Crippen molar-refractivity contribution in [1.29, 1.82) is 0 Å². The molecule has 0 spiro atoms. The lowest BCUT2D eigenvalue weighted by Gasteiger charge is -2.41. The quantitative estimate of drug-likeness (QED) is 0.208. The predicted molar refractivity (Wildman–Crippen MR) is 146 cm³/mol. The van der Waals surface area contributed by atoms with Crippen LogP contribution in [-0.2, 0) is 51.3 Å². The van der Waals surface area contributed by atoms with Crippen molar-refractivity contribution in [3.63, 3.8) is 0 Å². The summed E-state index contributed by atoms with van der Waals surface area (Å²) in [6.45, 7) is 14.1. The minimum absolute atomic E-state index is 0.104. The maximum absolute atomic E-state index is 13.6. The van der Waals surface area contributed by atoms with Gasteiger partial charge in [-0.2, -0.15) is 0 Å². The van der Waals surface area contributed by atoms with Gasteiger partial charge in [0.05, 0.1) is 19.6 Å². The van der Waals surface area contributed by atoms with Crippen LogP contribution in [0, 0.1) is 0 Å². The molecule has 1 fully saturated rings. The first-order valence-corrected chi connectivity index (χ1v) is 17.1. The zero-order chi connectivity index (χ0) is 28.9. The van der Waals surface area contributed by atoms with Crippen LogP contribution in [-0.4, -0.2) is 72.3 Å². The zero-order valence-corrected chi connectivity index (χ0v) is 25.9. The summed E-state index contributed by atoms with van der Waals surface area (Å²) in [6.07, 6.45) is -0.536. The third-order valence-corrected chi connectivity index (χ3v) is 14.1. The molecule has 0 bridgehead atoms. The molecule has 1 aromatic carbocycles. The van der Waals surface area contributed by atoms with Crippen molar-refractivity contribution < 1.29 is 41.4 Å². The summed E-state index contributed by atoms with van der Waals surface area (Å²) in [4.78, 5) is 24.0. The van der Waals surface area contributed by atoms with E-state index in [0.717, 1.165) is 0 Å². The van der Waals surface area contributed by atoms with Crippen LogP contribution in [0.1, 0.15) is 63.8 Å². The monoisotopic (exact) mass is 573 g/mol. The van der Waals surface area contributed by atoms with Crippen molar-refractivity contribution in [2.75, 3.05) is 34.1 Å². The summed E-state index contributed by atoms with van der Waals surface area (Å²) in [5.74, 6) is -0.679. The minimum atomic E-state index is -3.64. The van der Waals surface area contributed by atoms with Gasteiger partial charge < -0.3 is 23.4 Å². The van der Waals surface area contributed by atoms with Gasteiger partial charge in [-0.25, -0.2) is 12.7 Å². The van der Waals surface area contributed by atoms with Crippen LogP contribution >= 0.6 is 0 Å². The van der Waals surface area contributed by atoms with Crippen molar-refractivity contribution >= 4 is 30.3 Å². The highest BCUT2D eigenvalue weighted by molar-refractivity contribution is 7.90. The molecular formula is C26H43NO9SSi. The molecule has 0 amide bonds. The number of carbonyl (C=O) groups is 2. The van der Waals surface area contributed by atoms with E-state index in [9.17, 15) is 18.0 Å². The highest BCUT2D eigenvalue weighted by Crippen LogP contribution is 2.45. The summed E-state index contributed by atoms with van der Waals surface area (Å²) in [5.41, 5.74) is 1.51. The third-order valence-electron chi connectivity index (χ3n) is 7.23. The molecule has 0 aliphatic carbocycles. The number of methoxy groups -OCH3 is 2. The SMILES string of the molecule is CCN1CCC(C(O[Si](C)(C)C(C)(C)C)c2cc(COC(C)=O)c(OCOC)c(CC(=O)OC)c2)S1(=O)=O. The van der Waals surface area contributed by atoms with Crippen LogP contribution in [0.2, 0.25) is 18.1 Å². The third kappa shape index (κ3) is 7.56. The lowest BCUT2D eigenvalue weighted by Crippen LogP contribution is -2.45. The Balaban J connectivity index is 2.79. The van der Waals surface area contributed by atoms with E-state index in [1.54, 1.807) is 12.1 Å². The number of hydrogen-bond donors (Lipinski definition) is 0. The van der Waals surface area contributed by atoms with E-state index in [2.05, 4.69) is 33.9 Å². The largest absolute Gasteiger partial charge is 0.469 e. The standard InChI is InChI=1S/C26H43NO9SSi/c1-10-27-12-11-22(37(27,30)31)25(36-38(8,9)26(3,4)5)19-13-20(15-23(29)33-7)24(35-17-32-6)21(14-19)16-34-18(2)28/h13-14,22,25H,10-12,15-17H2,1-9H3. The van der Waals surface area contributed by atoms with E-state index in [0.29, 0.717) is 42.0 Å². The molecule has 0 N–H and O–H groups in total. The van der Waals surface area contributed by atoms with E-state index in [1.807, 2.05) is 6.92 Å². The van der Waals surface area contributed by atoms with Gasteiger partial charge in [-0.3, -0.25) is 9.59 Å². The Kier molecular flexibility index (Phi) is 10.9. The van der Waals surface area contributed by atoms with Crippen LogP contribution in [0.15, 0.2) is 12.1 Å². The highest BCUT2D eigenvalue weighted by Gasteiger charge is 2.48. The Bertz CT molecular complexity index is 1100. The second-order valence-electron chi connectivity index (χ2n) is 10.9. The lowest BCUT2D eigenvalue weighted by atomic mass is 9.96. The van der Waals surface area contributed by atoms with E-state index in [-0.39, 0.29) is 24.9 Å². The maximum atomic E-state index is 13.6. The van der Waals surface area contributed by atoms with Crippen LogP contribution < -0.4 is 4.74 Å². The van der Waals surface area contributed by atoms with Gasteiger partial charge >= 0.3 is 11.9 Å². The summed E-state index contributed by atoms with van der Waals surface area (Å²) in [6, 6.07) is 3.48. The fraction of sp³-hybridized carbons (Fsp3) is 0.692. The van der Waals surface area contributed by atoms with Gasteiger partial charge in [0.2, 0.25) is 10.0 Å². The van der Waals surface area contributed by atoms with E-state index in [1.165, 1.54) is 25.4 Å². The molecule has 2 unspecified atom stereocenters. The minimum Gasteiger partial charge on any atom is -0.469 e. The molecule has 10 nitrogen and oxygen atoms in total. The number of hydrogen-bond acceptors (Lipinski definition) is 9. The fourth-order valence-corrected chi connectivity index (χ4v) is 7.55. The number of carbonyl (C=O) groups excluding carboxylic acids is 2. The van der Waals surface area contributed by atoms with Crippen LogP contribution in [0.3, 0.4) is 0 Å². The molecule has 2 rings (SSSR count). The Hall–Kier alpha value is -1.99. The van der Waals surface area contributed by atoms with E-state index in [4.69, 9.17) is 23.4 Å². The summed E-state index contributed by atoms with van der Waals surface area (Å²) >= 11 is 0. The maximum Gasteiger partial charge on any atom is 0.310 e. The average molecular weight is 574 g/mol. The smallest absolute Gasteiger partial charge is 0.310 e. The molecule has 0 saturated carbocycles. The first-order chi connectivity index (χ1) is 17.6. The van der Waals surface area contributed by atoms with Crippen LogP contribution in [0.25, 0.3) is 0 Å². The van der Waals surface area contributed by atoms with Crippen molar-refractivity contribution in [1.82, 2.24) is 4.31 Å². The molecule has 1 aliphatic rings. The average Bonchev–Trinajstić information content (AvgIpc) is 3.12. The fourth-order valence-electron chi connectivity index (χ4n) is 4.13. The van der Waals surface area contributed by atoms with Gasteiger partial charge in [-0.05, 0) is 42.2 Å². The Morgan fingerprint density at radius 3 is 2.29 bits per heavy atom. The molecule has 0 aromatic heterocycles. The van der Waals surface area contributed by atoms with Crippen LogP contribution in [0.4, 0.5) is 0 Å². The van der Waals surface area contributed by atoms with Gasteiger partial charge in [-0.15, -0.1) is 0 Å². The van der Waals surface area contributed by atoms with Crippen molar-refractivity contribution in [2.24, 2.45) is 0 Å². The van der Waals surface area contributed by atoms with E-state index >= 15 is 0 Å². The first-order valence-electron chi connectivity index (χ1n) is 12.7. The van der Waals surface area contributed by atoms with E-state index < -0.39 is 41.6 Å². The topological polar surface area (TPSA) is 118 Å². The number of benzene rings is 1. The predicted octanol–water partition coefficient (Wildman–Crippen LogP) is 3.93. The molecule has 38 heavy (non-hydrogen) atoms. The van der Waals surface area contributed by atoms with Crippen molar-refractivity contribution in [3.05, 3.63) is 28.8 Å². The molecule has 1 aromatic rings. The molecule has 1 aliphatic heterocycles. The number of esters is 2. The molecule has 216 valence electrons. The number of rotatable bonds is 12. The highest BCUT2D eigenvalue weighted by atomic mass is 32.2. The van der Waals surface area contributed by atoms with Gasteiger partial charge in [0.25, 0.3) is 0 Å². The van der Waals surface area contributed by atoms with Crippen LogP contribution in [0.5, 0.6) is 5.75 Å². The number of nitrogens with zero attached hydrogens (tertiary/aromatic N) is 1. The Morgan fingerprint density at radius 2 is 1.79 bits per heavy atom. The van der Waals surface area contributed by atoms with Crippen molar-refractivity contribution in [3.8, 4) is 5.75 Å². The Morgan fingerprint density at radius 1 is 1.16 bits per heavy atom. The number of ether oxygens (including phenoxy) is 4. The molecular weight excluding hydrogens is 530 g/mol. The molecule has 2 atom stereocenters. The second-order valence-corrected chi connectivity index (χ2v) is 17.8. The van der Waals surface area contributed by atoms with Gasteiger partial charge in [0, 0.05) is 38.2 Å². The molecule has 12 heteroatoms. The first kappa shape index (κ1) is 32.2. The lowest BCUT2D eigenvalue weighted by molar-refractivity contribution is -0.142. The Labute approximate surface area is 228 Å². The zero-order valence-electron chi connectivity index (χ0n) is 24.1. The van der Waals surface area contributed by atoms with Gasteiger partial charge in [0.1, 0.15) is 17.6 Å². The summed E-state index contributed by atoms with van der Waals surface area (Å²) < 4.78 is 56.5. The number of sulfonamides is 1. The normalized spacial score (nSPS) is 18.7. The molecule has 1 heterocycles. The van der Waals surface area contributed by atoms with Crippen molar-refractivity contribution in [2.45, 2.75) is 83.6 Å². The summed E-state index contributed by atoms with van der Waals surface area (Å²) in [7, 11) is -3.36. The molecule has 1 saturated heterocycles. The van der Waals surface area contributed by atoms with Gasteiger partial charge in [-0.1, -0.05) is 27.7 Å². The van der Waals surface area contributed by atoms with Gasteiger partial charge in [0.15, 0.2) is 15.1 Å².